The molecule has 1 heterocycles. The highest BCUT2D eigenvalue weighted by Crippen LogP contribution is 2.53. The van der Waals surface area contributed by atoms with Crippen LogP contribution >= 0.6 is 0 Å². The maximum atomic E-state index is 13.7. The molecule has 3 nitrogen and oxygen atoms in total. The normalized spacial score (nSPS) is 21.4. The van der Waals surface area contributed by atoms with Crippen molar-refractivity contribution in [3.05, 3.63) is 89.0 Å². The molecule has 5 rings (SSSR count). The molecule has 1 unspecified atom stereocenters. The van der Waals surface area contributed by atoms with Crippen molar-refractivity contribution in [1.29, 1.82) is 0 Å². The summed E-state index contributed by atoms with van der Waals surface area (Å²) in [5.74, 6) is -0.591. The Bertz CT molecular complexity index is 1170. The van der Waals surface area contributed by atoms with E-state index in [0.29, 0.717) is 11.1 Å². The molecule has 1 aliphatic carbocycles. The SMILES string of the molecule is CCCC/C=C1\c2ccccc2C(=O)OC12C(=O)c1cccc3cccc2c13. The summed E-state index contributed by atoms with van der Waals surface area (Å²) in [7, 11) is 0. The fourth-order valence-corrected chi connectivity index (χ4v) is 4.54. The lowest BCUT2D eigenvalue weighted by atomic mass is 9.77. The zero-order valence-corrected chi connectivity index (χ0v) is 15.7. The van der Waals surface area contributed by atoms with Crippen LogP contribution in [0.1, 0.15) is 58.0 Å². The van der Waals surface area contributed by atoms with Crippen molar-refractivity contribution in [3.63, 3.8) is 0 Å². The third-order valence-corrected chi connectivity index (χ3v) is 5.82. The van der Waals surface area contributed by atoms with Gasteiger partial charge in [-0.2, -0.15) is 0 Å². The van der Waals surface area contributed by atoms with E-state index in [0.717, 1.165) is 46.7 Å². The molecule has 0 aromatic heterocycles. The predicted molar refractivity (Wildman–Crippen MR) is 109 cm³/mol. The molecule has 3 aromatic rings. The lowest BCUT2D eigenvalue weighted by Crippen LogP contribution is -2.42. The van der Waals surface area contributed by atoms with Crippen molar-refractivity contribution in [3.8, 4) is 0 Å². The first-order valence-electron chi connectivity index (χ1n) is 9.79. The molecule has 1 atom stereocenters. The standard InChI is InChI=1S/C25H20O3/c1-2-3-4-14-20-17-11-5-6-12-18(17)24(27)28-25(20)21-15-8-10-16-9-7-13-19(22(16)21)23(25)26/h5-15H,2-4H2,1H3/b20-14+. The molecule has 3 aromatic carbocycles. The summed E-state index contributed by atoms with van der Waals surface area (Å²) in [6.07, 6.45) is 5.00. The van der Waals surface area contributed by atoms with Crippen molar-refractivity contribution in [2.45, 2.75) is 31.8 Å². The Morgan fingerprint density at radius 3 is 2.39 bits per heavy atom. The lowest BCUT2D eigenvalue weighted by molar-refractivity contribution is 0.00820. The Morgan fingerprint density at radius 2 is 1.61 bits per heavy atom. The minimum absolute atomic E-state index is 0.148. The van der Waals surface area contributed by atoms with E-state index in [9.17, 15) is 9.59 Å². The maximum absolute atomic E-state index is 13.7. The van der Waals surface area contributed by atoms with Crippen LogP contribution in [0.4, 0.5) is 0 Å². The van der Waals surface area contributed by atoms with Crippen LogP contribution in [0.3, 0.4) is 0 Å². The number of Topliss-reactive ketones (excluding diaryl/α,β-unsaturated/α-hetero) is 1. The van der Waals surface area contributed by atoms with Gasteiger partial charge in [0.15, 0.2) is 0 Å². The molecular formula is C25H20O3. The number of hydrogen-bond acceptors (Lipinski definition) is 3. The van der Waals surface area contributed by atoms with E-state index < -0.39 is 11.6 Å². The van der Waals surface area contributed by atoms with Gasteiger partial charge in [-0.15, -0.1) is 0 Å². The van der Waals surface area contributed by atoms with E-state index in [1.54, 1.807) is 6.07 Å². The highest BCUT2D eigenvalue weighted by atomic mass is 16.6. The van der Waals surface area contributed by atoms with Gasteiger partial charge in [-0.25, -0.2) is 4.79 Å². The van der Waals surface area contributed by atoms with Crippen LogP contribution in [0.15, 0.2) is 66.7 Å². The second-order valence-corrected chi connectivity index (χ2v) is 7.41. The number of ketones is 1. The quantitative estimate of drug-likeness (QED) is 0.441. The van der Waals surface area contributed by atoms with Crippen molar-refractivity contribution in [2.75, 3.05) is 0 Å². The summed E-state index contributed by atoms with van der Waals surface area (Å²) in [6.45, 7) is 2.14. The third kappa shape index (κ3) is 2.10. The van der Waals surface area contributed by atoms with Gasteiger partial charge in [0.1, 0.15) is 0 Å². The van der Waals surface area contributed by atoms with Crippen molar-refractivity contribution in [2.24, 2.45) is 0 Å². The number of allylic oxidation sites excluding steroid dienone is 1. The molecule has 0 amide bonds. The minimum Gasteiger partial charge on any atom is -0.437 e. The molecule has 1 spiro atoms. The van der Waals surface area contributed by atoms with Gasteiger partial charge in [-0.05, 0) is 23.4 Å². The first kappa shape index (κ1) is 16.9. The molecule has 0 fully saturated rings. The van der Waals surface area contributed by atoms with Crippen molar-refractivity contribution >= 4 is 28.1 Å². The predicted octanol–water partition coefficient (Wildman–Crippen LogP) is 5.68. The fourth-order valence-electron chi connectivity index (χ4n) is 4.54. The summed E-state index contributed by atoms with van der Waals surface area (Å²) < 4.78 is 6.03. The topological polar surface area (TPSA) is 43.4 Å². The van der Waals surface area contributed by atoms with Crippen LogP contribution in [0.5, 0.6) is 0 Å². The second kappa shape index (κ2) is 6.16. The summed E-state index contributed by atoms with van der Waals surface area (Å²) >= 11 is 0. The number of hydrogen-bond donors (Lipinski definition) is 0. The highest BCUT2D eigenvalue weighted by Gasteiger charge is 2.56. The van der Waals surface area contributed by atoms with Crippen LogP contribution in [0.25, 0.3) is 16.3 Å². The molecule has 0 saturated carbocycles. The molecule has 0 saturated heterocycles. The van der Waals surface area contributed by atoms with Gasteiger partial charge in [0.05, 0.1) is 5.56 Å². The summed E-state index contributed by atoms with van der Waals surface area (Å²) in [5, 5.41) is 1.88. The van der Waals surface area contributed by atoms with Gasteiger partial charge in [-0.1, -0.05) is 80.4 Å². The van der Waals surface area contributed by atoms with Crippen LogP contribution in [0.2, 0.25) is 0 Å². The van der Waals surface area contributed by atoms with Gasteiger partial charge in [0.2, 0.25) is 11.4 Å². The van der Waals surface area contributed by atoms with Gasteiger partial charge >= 0.3 is 5.97 Å². The number of ether oxygens (including phenoxy) is 1. The highest BCUT2D eigenvalue weighted by molar-refractivity contribution is 6.26. The Hall–Kier alpha value is -3.20. The smallest absolute Gasteiger partial charge is 0.340 e. The molecule has 2 aliphatic rings. The lowest BCUT2D eigenvalue weighted by Gasteiger charge is -2.36. The van der Waals surface area contributed by atoms with Crippen molar-refractivity contribution in [1.82, 2.24) is 0 Å². The summed E-state index contributed by atoms with van der Waals surface area (Å²) in [5.41, 5.74) is 2.13. The molecule has 0 radical (unpaired) electrons. The molecule has 0 bridgehead atoms. The molecular weight excluding hydrogens is 348 g/mol. The Balaban J connectivity index is 1.84. The first-order valence-corrected chi connectivity index (χ1v) is 9.79. The van der Waals surface area contributed by atoms with Gasteiger partial charge < -0.3 is 4.74 Å². The Labute approximate surface area is 163 Å². The van der Waals surface area contributed by atoms with Crippen LogP contribution in [-0.2, 0) is 10.3 Å². The largest absolute Gasteiger partial charge is 0.437 e. The van der Waals surface area contributed by atoms with E-state index in [2.05, 4.69) is 13.0 Å². The molecule has 3 heteroatoms. The third-order valence-electron chi connectivity index (χ3n) is 5.82. The van der Waals surface area contributed by atoms with E-state index >= 15 is 0 Å². The fraction of sp³-hybridized carbons (Fsp3) is 0.200. The zero-order chi connectivity index (χ0) is 19.3. The molecule has 1 aliphatic heterocycles. The van der Waals surface area contributed by atoms with Gasteiger partial charge in [0.25, 0.3) is 0 Å². The van der Waals surface area contributed by atoms with E-state index in [4.69, 9.17) is 4.74 Å². The van der Waals surface area contributed by atoms with Crippen LogP contribution < -0.4 is 0 Å². The summed E-state index contributed by atoms with van der Waals surface area (Å²) in [4.78, 5) is 26.7. The maximum Gasteiger partial charge on any atom is 0.340 e. The average Bonchev–Trinajstić information content (AvgIpc) is 2.96. The first-order chi connectivity index (χ1) is 13.7. The molecule has 28 heavy (non-hydrogen) atoms. The summed E-state index contributed by atoms with van der Waals surface area (Å²) in [6, 6.07) is 19.0. The van der Waals surface area contributed by atoms with Crippen molar-refractivity contribution < 1.29 is 14.3 Å². The van der Waals surface area contributed by atoms with Gasteiger partial charge in [0, 0.05) is 22.1 Å². The number of esters is 1. The van der Waals surface area contributed by atoms with E-state index in [-0.39, 0.29) is 5.78 Å². The molecule has 138 valence electrons. The Morgan fingerprint density at radius 1 is 0.893 bits per heavy atom. The monoisotopic (exact) mass is 368 g/mol. The number of carbonyl (C=O) groups excluding carboxylic acids is 2. The Kier molecular flexibility index (Phi) is 3.73. The van der Waals surface area contributed by atoms with Crippen LogP contribution in [-0.4, -0.2) is 11.8 Å². The minimum atomic E-state index is -1.39. The second-order valence-electron chi connectivity index (χ2n) is 7.41. The van der Waals surface area contributed by atoms with E-state index in [1.165, 1.54) is 0 Å². The zero-order valence-electron chi connectivity index (χ0n) is 15.7. The number of benzene rings is 3. The van der Waals surface area contributed by atoms with E-state index in [1.807, 2.05) is 54.6 Å². The number of rotatable bonds is 3. The number of unbranched alkanes of at least 4 members (excludes halogenated alkanes) is 2. The van der Waals surface area contributed by atoms with Gasteiger partial charge in [-0.3, -0.25) is 4.79 Å². The number of carbonyl (C=O) groups is 2. The molecule has 0 N–H and O–H groups in total. The average molecular weight is 368 g/mol. The van der Waals surface area contributed by atoms with Crippen LogP contribution in [0, 0.1) is 0 Å². The number of fused-ring (bicyclic) bond motifs is 2.